The molecular weight excluding hydrogens is 315 g/mol. The van der Waals surface area contributed by atoms with Crippen molar-refractivity contribution in [1.82, 2.24) is 0 Å². The predicted molar refractivity (Wildman–Crippen MR) is 105 cm³/mol. The maximum atomic E-state index is 6.11. The Morgan fingerprint density at radius 3 is 2.08 bits per heavy atom. The topological polar surface area (TPSA) is 18.5 Å². The summed E-state index contributed by atoms with van der Waals surface area (Å²) in [5.41, 5.74) is 1.83. The van der Waals surface area contributed by atoms with E-state index in [-0.39, 0.29) is 11.2 Å². The van der Waals surface area contributed by atoms with Crippen molar-refractivity contribution in [1.29, 1.82) is 0 Å². The fourth-order valence-corrected chi connectivity index (χ4v) is 2.96. The third-order valence-corrected chi connectivity index (χ3v) is 5.81. The first-order chi connectivity index (χ1) is 11.3. The quantitative estimate of drug-likeness (QED) is 0.530. The Morgan fingerprint density at radius 1 is 0.875 bits per heavy atom. The molecule has 0 spiro atoms. The van der Waals surface area contributed by atoms with E-state index in [9.17, 15) is 0 Å². The summed E-state index contributed by atoms with van der Waals surface area (Å²) in [6.07, 6.45) is 0. The first-order valence-electron chi connectivity index (χ1n) is 8.29. The predicted octanol–water partition coefficient (Wildman–Crippen LogP) is 4.18. The molecular formula is C20H27BO2S. The molecule has 0 saturated carbocycles. The van der Waals surface area contributed by atoms with Gasteiger partial charge in [-0.15, -0.1) is 11.8 Å². The zero-order valence-corrected chi connectivity index (χ0v) is 16.2. The molecule has 2 aromatic carbocycles. The highest BCUT2D eigenvalue weighted by atomic mass is 32.2. The summed E-state index contributed by atoms with van der Waals surface area (Å²) >= 11 is 1.85. The van der Waals surface area contributed by atoms with Gasteiger partial charge in [0.1, 0.15) is 0 Å². The van der Waals surface area contributed by atoms with Gasteiger partial charge in [0.25, 0.3) is 0 Å². The summed E-state index contributed by atoms with van der Waals surface area (Å²) in [5.74, 6) is 0.992. The van der Waals surface area contributed by atoms with Crippen molar-refractivity contribution in [2.75, 3.05) is 7.11 Å². The smallest absolute Gasteiger partial charge is 0.309 e. The number of hydrogen-bond acceptors (Lipinski definition) is 3. The van der Waals surface area contributed by atoms with Gasteiger partial charge >= 0.3 is 7.48 Å². The van der Waals surface area contributed by atoms with Gasteiger partial charge in [0.05, 0.1) is 11.2 Å². The van der Waals surface area contributed by atoms with Gasteiger partial charge in [-0.1, -0.05) is 47.9 Å². The summed E-state index contributed by atoms with van der Waals surface area (Å²) < 4.78 is 11.7. The molecule has 0 heterocycles. The van der Waals surface area contributed by atoms with Crippen LogP contribution in [0.25, 0.3) is 0 Å². The second-order valence-corrected chi connectivity index (χ2v) is 7.98. The lowest BCUT2D eigenvalue weighted by Gasteiger charge is -2.40. The third-order valence-electron chi connectivity index (χ3n) is 4.73. The van der Waals surface area contributed by atoms with Crippen LogP contribution in [0, 0.1) is 0 Å². The van der Waals surface area contributed by atoms with Gasteiger partial charge in [-0.25, -0.2) is 0 Å². The molecule has 0 bridgehead atoms. The normalized spacial score (nSPS) is 12.2. The van der Waals surface area contributed by atoms with Crippen LogP contribution in [0.15, 0.2) is 59.5 Å². The van der Waals surface area contributed by atoms with E-state index in [1.54, 1.807) is 7.11 Å². The molecule has 128 valence electrons. The Morgan fingerprint density at radius 2 is 1.50 bits per heavy atom. The highest BCUT2D eigenvalue weighted by Crippen LogP contribution is 2.28. The van der Waals surface area contributed by atoms with E-state index < -0.39 is 0 Å². The molecule has 0 amide bonds. The van der Waals surface area contributed by atoms with Crippen LogP contribution in [0.4, 0.5) is 0 Å². The molecule has 0 aliphatic heterocycles. The molecule has 0 atom stereocenters. The lowest BCUT2D eigenvalue weighted by molar-refractivity contribution is -0.114. The van der Waals surface area contributed by atoms with Crippen LogP contribution in [-0.4, -0.2) is 25.8 Å². The Bertz CT molecular complexity index is 624. The van der Waals surface area contributed by atoms with E-state index in [2.05, 4.69) is 82.3 Å². The summed E-state index contributed by atoms with van der Waals surface area (Å²) in [5, 5.41) is 0. The summed E-state index contributed by atoms with van der Waals surface area (Å²) in [6, 6.07) is 19.2. The van der Waals surface area contributed by atoms with Crippen molar-refractivity contribution < 1.29 is 9.39 Å². The minimum absolute atomic E-state index is 0.335. The minimum atomic E-state index is -0.359. The highest BCUT2D eigenvalue weighted by Gasteiger charge is 2.37. The van der Waals surface area contributed by atoms with Crippen molar-refractivity contribution in [2.45, 2.75) is 49.5 Å². The molecule has 2 rings (SSSR count). The van der Waals surface area contributed by atoms with Crippen molar-refractivity contribution in [3.63, 3.8) is 0 Å². The van der Waals surface area contributed by atoms with Gasteiger partial charge < -0.3 is 9.39 Å². The van der Waals surface area contributed by atoms with E-state index in [4.69, 9.17) is 9.39 Å². The van der Waals surface area contributed by atoms with Crippen molar-refractivity contribution >= 4 is 24.7 Å². The largest absolute Gasteiger partial charge is 0.427 e. The van der Waals surface area contributed by atoms with E-state index >= 15 is 0 Å². The first-order valence-corrected chi connectivity index (χ1v) is 9.27. The van der Waals surface area contributed by atoms with Crippen LogP contribution < -0.4 is 5.46 Å². The molecule has 0 radical (unpaired) electrons. The van der Waals surface area contributed by atoms with Gasteiger partial charge in [-0.05, 0) is 45.4 Å². The zero-order valence-electron chi connectivity index (χ0n) is 15.3. The molecule has 2 nitrogen and oxygen atoms in total. The van der Waals surface area contributed by atoms with Crippen LogP contribution in [-0.2, 0) is 15.1 Å². The fourth-order valence-electron chi connectivity index (χ4n) is 2.11. The summed E-state index contributed by atoms with van der Waals surface area (Å²) in [6.45, 7) is 8.24. The van der Waals surface area contributed by atoms with Crippen molar-refractivity contribution in [3.05, 3.63) is 60.2 Å². The second kappa shape index (κ2) is 8.24. The fraction of sp³-hybridized carbons (Fsp3) is 0.400. The molecule has 0 aromatic heterocycles. The maximum Gasteiger partial charge on any atom is 0.309 e. The average molecular weight is 342 g/mol. The van der Waals surface area contributed by atoms with Crippen molar-refractivity contribution in [3.8, 4) is 0 Å². The van der Waals surface area contributed by atoms with Gasteiger partial charge in [-0.2, -0.15) is 0 Å². The average Bonchev–Trinajstić information content (AvgIpc) is 2.60. The van der Waals surface area contributed by atoms with Crippen LogP contribution in [0.5, 0.6) is 0 Å². The molecule has 0 N–H and O–H groups in total. The Hall–Kier alpha value is -1.23. The number of methoxy groups -OCH3 is 1. The number of rotatable bonds is 8. The number of ether oxygens (including phenoxy) is 1. The highest BCUT2D eigenvalue weighted by molar-refractivity contribution is 7.98. The second-order valence-electron chi connectivity index (χ2n) is 6.93. The molecule has 0 saturated heterocycles. The first kappa shape index (κ1) is 19.1. The van der Waals surface area contributed by atoms with E-state index in [0.717, 1.165) is 5.75 Å². The maximum absolute atomic E-state index is 6.11. The van der Waals surface area contributed by atoms with Crippen LogP contribution in [0.2, 0.25) is 0 Å². The van der Waals surface area contributed by atoms with Crippen LogP contribution >= 0.6 is 11.8 Å². The Labute approximate surface area is 151 Å². The molecule has 24 heavy (non-hydrogen) atoms. The van der Waals surface area contributed by atoms with Crippen LogP contribution in [0.3, 0.4) is 0 Å². The number of hydrogen-bond donors (Lipinski definition) is 0. The van der Waals surface area contributed by atoms with E-state index in [1.807, 2.05) is 11.8 Å². The number of benzene rings is 2. The third kappa shape index (κ3) is 5.14. The lowest BCUT2D eigenvalue weighted by Crippen LogP contribution is -2.50. The van der Waals surface area contributed by atoms with Gasteiger partial charge in [-0.3, -0.25) is 0 Å². The monoisotopic (exact) mass is 342 g/mol. The lowest BCUT2D eigenvalue weighted by atomic mass is 9.82. The molecule has 0 fully saturated rings. The number of thioether (sulfide) groups is 1. The van der Waals surface area contributed by atoms with Gasteiger partial charge in [0.2, 0.25) is 0 Å². The molecule has 0 unspecified atom stereocenters. The van der Waals surface area contributed by atoms with Gasteiger partial charge in [0.15, 0.2) is 0 Å². The van der Waals surface area contributed by atoms with E-state index in [0.29, 0.717) is 7.48 Å². The Balaban J connectivity index is 1.88. The van der Waals surface area contributed by atoms with Crippen LogP contribution in [0.1, 0.15) is 33.3 Å². The zero-order chi connectivity index (χ0) is 17.6. The molecule has 2 aromatic rings. The van der Waals surface area contributed by atoms with Gasteiger partial charge in [0, 0.05) is 17.8 Å². The van der Waals surface area contributed by atoms with Crippen molar-refractivity contribution in [2.24, 2.45) is 0 Å². The molecule has 4 heteroatoms. The summed E-state index contributed by atoms with van der Waals surface area (Å²) in [4.78, 5) is 1.28. The SMILES string of the molecule is COC(C)(C)C(C)(C)OBc1ccc(SCc2ccccc2)cc1. The standard InChI is InChI=1S/C20H27BO2S/c1-19(2,22-5)20(3,4)23-21-17-11-13-18(14-12-17)24-15-16-9-7-6-8-10-16/h6-14,21H,15H2,1-5H3. The molecule has 0 aliphatic rings. The van der Waals surface area contributed by atoms with E-state index in [1.165, 1.54) is 15.9 Å². The minimum Gasteiger partial charge on any atom is -0.427 e. The molecule has 0 aliphatic carbocycles. The Kier molecular flexibility index (Phi) is 6.56. The summed E-state index contributed by atoms with van der Waals surface area (Å²) in [7, 11) is 2.31.